The highest BCUT2D eigenvalue weighted by Crippen LogP contribution is 2.16. The van der Waals surface area contributed by atoms with Crippen molar-refractivity contribution in [2.75, 3.05) is 12.4 Å². The van der Waals surface area contributed by atoms with Gasteiger partial charge in [0.25, 0.3) is 5.91 Å². The monoisotopic (exact) mass is 313 g/mol. The van der Waals surface area contributed by atoms with Gasteiger partial charge in [0.15, 0.2) is 6.10 Å². The maximum absolute atomic E-state index is 12.2. The topological polar surface area (TPSA) is 64.6 Å². The van der Waals surface area contributed by atoms with Crippen LogP contribution >= 0.6 is 0 Å². The van der Waals surface area contributed by atoms with E-state index in [1.807, 2.05) is 25.1 Å². The molecule has 1 amide bonds. The molecule has 0 fully saturated rings. The fourth-order valence-corrected chi connectivity index (χ4v) is 2.03. The molecule has 5 nitrogen and oxygen atoms in total. The Balaban J connectivity index is 2.02. The molecule has 0 radical (unpaired) electrons. The molecule has 1 atom stereocenters. The van der Waals surface area contributed by atoms with Gasteiger partial charge in [-0.05, 0) is 49.7 Å². The number of anilines is 1. The largest absolute Gasteiger partial charge is 0.481 e. The van der Waals surface area contributed by atoms with E-state index in [1.54, 1.807) is 37.3 Å². The molecule has 0 aliphatic heterocycles. The van der Waals surface area contributed by atoms with E-state index in [0.29, 0.717) is 17.0 Å². The summed E-state index contributed by atoms with van der Waals surface area (Å²) >= 11 is 0. The summed E-state index contributed by atoms with van der Waals surface area (Å²) < 4.78 is 10.3. The molecular formula is C18H19NO4. The summed E-state index contributed by atoms with van der Waals surface area (Å²) in [5.74, 6) is -0.116. The zero-order valence-corrected chi connectivity index (χ0v) is 13.3. The average molecular weight is 313 g/mol. The molecule has 5 heteroatoms. The number of aryl methyl sites for hydroxylation is 1. The SMILES string of the molecule is COC(=O)c1cccc(NC(=O)[C@H](C)Oc2cccc(C)c2)c1. The van der Waals surface area contributed by atoms with Crippen LogP contribution in [0.1, 0.15) is 22.8 Å². The summed E-state index contributed by atoms with van der Waals surface area (Å²) in [4.78, 5) is 23.7. The lowest BCUT2D eigenvalue weighted by Crippen LogP contribution is -2.30. The molecule has 0 spiro atoms. The van der Waals surface area contributed by atoms with Gasteiger partial charge in [-0.1, -0.05) is 18.2 Å². The number of esters is 1. The predicted octanol–water partition coefficient (Wildman–Crippen LogP) is 3.19. The third-order valence-corrected chi connectivity index (χ3v) is 3.22. The molecule has 0 aliphatic rings. The van der Waals surface area contributed by atoms with Crippen molar-refractivity contribution in [1.82, 2.24) is 0 Å². The van der Waals surface area contributed by atoms with Crippen molar-refractivity contribution in [2.45, 2.75) is 20.0 Å². The Morgan fingerprint density at radius 2 is 1.83 bits per heavy atom. The molecule has 0 saturated carbocycles. The van der Waals surface area contributed by atoms with Crippen LogP contribution in [0.25, 0.3) is 0 Å². The number of carbonyl (C=O) groups is 2. The second kappa shape index (κ2) is 7.45. The number of nitrogens with one attached hydrogen (secondary N) is 1. The number of hydrogen-bond donors (Lipinski definition) is 1. The lowest BCUT2D eigenvalue weighted by Gasteiger charge is -2.15. The molecule has 0 bridgehead atoms. The maximum Gasteiger partial charge on any atom is 0.337 e. The van der Waals surface area contributed by atoms with Gasteiger partial charge in [-0.15, -0.1) is 0 Å². The maximum atomic E-state index is 12.2. The van der Waals surface area contributed by atoms with Crippen LogP contribution in [0.4, 0.5) is 5.69 Å². The minimum atomic E-state index is -0.668. The Morgan fingerprint density at radius 3 is 2.52 bits per heavy atom. The molecule has 0 heterocycles. The van der Waals surface area contributed by atoms with E-state index in [9.17, 15) is 9.59 Å². The normalized spacial score (nSPS) is 11.4. The zero-order chi connectivity index (χ0) is 16.8. The third-order valence-electron chi connectivity index (χ3n) is 3.22. The number of methoxy groups -OCH3 is 1. The zero-order valence-electron chi connectivity index (χ0n) is 13.3. The fourth-order valence-electron chi connectivity index (χ4n) is 2.03. The summed E-state index contributed by atoms with van der Waals surface area (Å²) in [7, 11) is 1.31. The Kier molecular flexibility index (Phi) is 5.36. The first-order valence-electron chi connectivity index (χ1n) is 7.22. The summed E-state index contributed by atoms with van der Waals surface area (Å²) in [5.41, 5.74) is 1.94. The van der Waals surface area contributed by atoms with Crippen LogP contribution < -0.4 is 10.1 Å². The van der Waals surface area contributed by atoms with E-state index in [-0.39, 0.29) is 5.91 Å². The molecular weight excluding hydrogens is 294 g/mol. The molecule has 0 aliphatic carbocycles. The number of ether oxygens (including phenoxy) is 2. The van der Waals surface area contributed by atoms with Crippen molar-refractivity contribution >= 4 is 17.6 Å². The number of amides is 1. The van der Waals surface area contributed by atoms with Crippen LogP contribution in [0.3, 0.4) is 0 Å². The van der Waals surface area contributed by atoms with Crippen molar-refractivity contribution in [3.63, 3.8) is 0 Å². The van der Waals surface area contributed by atoms with Crippen LogP contribution in [0.5, 0.6) is 5.75 Å². The Morgan fingerprint density at radius 1 is 1.09 bits per heavy atom. The number of hydrogen-bond acceptors (Lipinski definition) is 4. The van der Waals surface area contributed by atoms with Crippen molar-refractivity contribution in [1.29, 1.82) is 0 Å². The highest BCUT2D eigenvalue weighted by Gasteiger charge is 2.15. The van der Waals surface area contributed by atoms with E-state index in [2.05, 4.69) is 10.1 Å². The quantitative estimate of drug-likeness (QED) is 0.861. The highest BCUT2D eigenvalue weighted by atomic mass is 16.5. The first-order chi connectivity index (χ1) is 11.0. The molecule has 1 N–H and O–H groups in total. The van der Waals surface area contributed by atoms with Crippen LogP contribution in [-0.2, 0) is 9.53 Å². The first kappa shape index (κ1) is 16.5. The molecule has 0 unspecified atom stereocenters. The lowest BCUT2D eigenvalue weighted by molar-refractivity contribution is -0.122. The van der Waals surface area contributed by atoms with Crippen molar-refractivity contribution in [3.8, 4) is 5.75 Å². The van der Waals surface area contributed by atoms with Crippen LogP contribution in [-0.4, -0.2) is 25.1 Å². The van der Waals surface area contributed by atoms with Gasteiger partial charge >= 0.3 is 5.97 Å². The fraction of sp³-hybridized carbons (Fsp3) is 0.222. The molecule has 2 rings (SSSR count). The second-order valence-electron chi connectivity index (χ2n) is 5.14. The van der Waals surface area contributed by atoms with Crippen LogP contribution in [0.2, 0.25) is 0 Å². The van der Waals surface area contributed by atoms with Gasteiger partial charge in [-0.2, -0.15) is 0 Å². The number of benzene rings is 2. The molecule has 0 saturated heterocycles. The van der Waals surface area contributed by atoms with Gasteiger partial charge in [0.1, 0.15) is 5.75 Å². The average Bonchev–Trinajstić information content (AvgIpc) is 2.54. The molecule has 2 aromatic carbocycles. The Labute approximate surface area is 135 Å². The standard InChI is InChI=1S/C18H19NO4/c1-12-6-4-9-16(10-12)23-13(2)17(20)19-15-8-5-7-14(11-15)18(21)22-3/h4-11,13H,1-3H3,(H,19,20)/t13-/m0/s1. The Bertz CT molecular complexity index is 712. The highest BCUT2D eigenvalue weighted by molar-refractivity contribution is 5.96. The van der Waals surface area contributed by atoms with E-state index < -0.39 is 12.1 Å². The molecule has 120 valence electrons. The summed E-state index contributed by atoms with van der Waals surface area (Å²) in [6.07, 6.45) is -0.668. The summed E-state index contributed by atoms with van der Waals surface area (Å²) in [6, 6.07) is 14.0. The van der Waals surface area contributed by atoms with Gasteiger partial charge in [-0.3, -0.25) is 4.79 Å². The minimum Gasteiger partial charge on any atom is -0.481 e. The van der Waals surface area contributed by atoms with Crippen molar-refractivity contribution in [2.24, 2.45) is 0 Å². The van der Waals surface area contributed by atoms with E-state index >= 15 is 0 Å². The molecule has 2 aromatic rings. The summed E-state index contributed by atoms with van der Waals surface area (Å²) in [6.45, 7) is 3.62. The van der Waals surface area contributed by atoms with E-state index in [1.165, 1.54) is 7.11 Å². The minimum absolute atomic E-state index is 0.298. The number of carbonyl (C=O) groups excluding carboxylic acids is 2. The van der Waals surface area contributed by atoms with Gasteiger partial charge in [-0.25, -0.2) is 4.79 Å². The van der Waals surface area contributed by atoms with E-state index in [4.69, 9.17) is 4.74 Å². The second-order valence-corrected chi connectivity index (χ2v) is 5.14. The van der Waals surface area contributed by atoms with Gasteiger partial charge in [0.05, 0.1) is 12.7 Å². The van der Waals surface area contributed by atoms with Crippen LogP contribution in [0, 0.1) is 6.92 Å². The summed E-state index contributed by atoms with van der Waals surface area (Å²) in [5, 5.41) is 2.72. The van der Waals surface area contributed by atoms with Gasteiger partial charge < -0.3 is 14.8 Å². The Hall–Kier alpha value is -2.82. The van der Waals surface area contributed by atoms with Crippen LogP contribution in [0.15, 0.2) is 48.5 Å². The van der Waals surface area contributed by atoms with Gasteiger partial charge in [0.2, 0.25) is 0 Å². The lowest BCUT2D eigenvalue weighted by atomic mass is 10.2. The molecule has 23 heavy (non-hydrogen) atoms. The van der Waals surface area contributed by atoms with Crippen molar-refractivity contribution in [3.05, 3.63) is 59.7 Å². The van der Waals surface area contributed by atoms with Gasteiger partial charge in [0, 0.05) is 5.69 Å². The molecule has 0 aromatic heterocycles. The smallest absolute Gasteiger partial charge is 0.337 e. The third kappa shape index (κ3) is 4.57. The number of rotatable bonds is 5. The first-order valence-corrected chi connectivity index (χ1v) is 7.22. The predicted molar refractivity (Wildman–Crippen MR) is 87.7 cm³/mol. The van der Waals surface area contributed by atoms with Crippen molar-refractivity contribution < 1.29 is 19.1 Å². The van der Waals surface area contributed by atoms with E-state index in [0.717, 1.165) is 5.56 Å².